The average molecular weight is 165 g/mol. The molecule has 1 N–H and O–H groups in total. The maximum atomic E-state index is 3.46. The van der Waals surface area contributed by atoms with Gasteiger partial charge < -0.3 is 5.32 Å². The van der Waals surface area contributed by atoms with Gasteiger partial charge >= 0.3 is 0 Å². The van der Waals surface area contributed by atoms with Crippen molar-refractivity contribution in [1.82, 2.24) is 5.32 Å². The van der Waals surface area contributed by atoms with Gasteiger partial charge in [-0.2, -0.15) is 0 Å². The first-order valence-electron chi connectivity index (χ1n) is 4.51. The molecule has 12 heavy (non-hydrogen) atoms. The van der Waals surface area contributed by atoms with Crippen molar-refractivity contribution in [3.05, 3.63) is 35.9 Å². The lowest BCUT2D eigenvalue weighted by atomic mass is 10.1. The van der Waals surface area contributed by atoms with E-state index in [2.05, 4.69) is 50.4 Å². The maximum absolute atomic E-state index is 3.46. The Morgan fingerprint density at radius 2 is 1.67 bits per heavy atom. The molecule has 1 aromatic carbocycles. The van der Waals surface area contributed by atoms with Crippen molar-refractivity contribution in [3.63, 3.8) is 0 Å². The molecule has 68 valence electrons. The fraction of sp³-hybridized carbons (Fsp3) is 0.455. The zero-order valence-corrected chi connectivity index (χ0v) is 8.04. The number of hydrogen-bond donors (Lipinski definition) is 1. The normalized spacial score (nSPS) is 13.3. The second-order valence-corrected chi connectivity index (χ2v) is 3.45. The summed E-state index contributed by atoms with van der Waals surface area (Å²) in [6.45, 7) is 6.52. The van der Waals surface area contributed by atoms with E-state index in [0.29, 0.717) is 12.1 Å². The highest BCUT2D eigenvalue weighted by molar-refractivity contribution is 5.18. The van der Waals surface area contributed by atoms with E-state index >= 15 is 0 Å². The smallest absolute Gasteiger partial charge is 0.0294 e. The Bertz CT molecular complexity index is 221. The number of nitrogens with one attached hydrogen (secondary N) is 1. The minimum absolute atomic E-state index is 0. The molecule has 0 aliphatic heterocycles. The van der Waals surface area contributed by atoms with Crippen molar-refractivity contribution < 1.29 is 1.43 Å². The molecule has 0 bridgehead atoms. The molecule has 0 radical (unpaired) electrons. The Kier molecular flexibility index (Phi) is 3.30. The number of hydrogen-bond acceptors (Lipinski definition) is 1. The molecule has 0 aromatic heterocycles. The van der Waals surface area contributed by atoms with Crippen LogP contribution in [0.1, 0.15) is 33.8 Å². The van der Waals surface area contributed by atoms with E-state index < -0.39 is 0 Å². The van der Waals surface area contributed by atoms with Gasteiger partial charge in [0.1, 0.15) is 0 Å². The molecule has 0 aliphatic rings. The van der Waals surface area contributed by atoms with Crippen LogP contribution in [0.5, 0.6) is 0 Å². The summed E-state index contributed by atoms with van der Waals surface area (Å²) in [7, 11) is 0. The third-order valence-electron chi connectivity index (χ3n) is 1.88. The van der Waals surface area contributed by atoms with Crippen LogP contribution < -0.4 is 5.32 Å². The van der Waals surface area contributed by atoms with Crippen LogP contribution in [-0.2, 0) is 0 Å². The summed E-state index contributed by atoms with van der Waals surface area (Å²) in [5.41, 5.74) is 1.35. The molecule has 0 saturated carbocycles. The van der Waals surface area contributed by atoms with Crippen molar-refractivity contribution in [2.45, 2.75) is 32.9 Å². The van der Waals surface area contributed by atoms with Crippen LogP contribution in [0.15, 0.2) is 30.3 Å². The van der Waals surface area contributed by atoms with Crippen molar-refractivity contribution in [2.24, 2.45) is 0 Å². The molecule has 0 amide bonds. The second kappa shape index (κ2) is 4.27. The molecule has 0 saturated heterocycles. The fourth-order valence-electron chi connectivity index (χ4n) is 1.34. The number of rotatable bonds is 3. The predicted octanol–water partition coefficient (Wildman–Crippen LogP) is 2.99. The molecule has 0 fully saturated rings. The van der Waals surface area contributed by atoms with E-state index in [-0.39, 0.29) is 1.43 Å². The maximum Gasteiger partial charge on any atom is 0.0294 e. The Hall–Kier alpha value is -0.820. The zero-order chi connectivity index (χ0) is 8.97. The summed E-state index contributed by atoms with van der Waals surface area (Å²) in [6.07, 6.45) is 0. The van der Waals surface area contributed by atoms with Crippen LogP contribution in [-0.4, -0.2) is 6.04 Å². The first kappa shape index (κ1) is 9.27. The molecule has 0 heterocycles. The van der Waals surface area contributed by atoms with Crippen molar-refractivity contribution >= 4 is 0 Å². The van der Waals surface area contributed by atoms with Gasteiger partial charge in [0.2, 0.25) is 0 Å². The van der Waals surface area contributed by atoms with Gasteiger partial charge in [0.25, 0.3) is 0 Å². The van der Waals surface area contributed by atoms with Gasteiger partial charge in [-0.25, -0.2) is 0 Å². The topological polar surface area (TPSA) is 12.0 Å². The van der Waals surface area contributed by atoms with Gasteiger partial charge in [-0.1, -0.05) is 44.2 Å². The summed E-state index contributed by atoms with van der Waals surface area (Å²) in [5, 5.41) is 3.46. The monoisotopic (exact) mass is 165 g/mol. The van der Waals surface area contributed by atoms with E-state index in [1.807, 2.05) is 6.07 Å². The van der Waals surface area contributed by atoms with E-state index in [4.69, 9.17) is 0 Å². The van der Waals surface area contributed by atoms with Crippen LogP contribution >= 0.6 is 0 Å². The Morgan fingerprint density at radius 3 is 2.17 bits per heavy atom. The van der Waals surface area contributed by atoms with Crippen LogP contribution in [0, 0.1) is 0 Å². The van der Waals surface area contributed by atoms with Crippen LogP contribution in [0.4, 0.5) is 0 Å². The van der Waals surface area contributed by atoms with Gasteiger partial charge in [0, 0.05) is 13.5 Å². The van der Waals surface area contributed by atoms with Gasteiger partial charge in [-0.05, 0) is 12.5 Å². The van der Waals surface area contributed by atoms with E-state index in [9.17, 15) is 0 Å². The van der Waals surface area contributed by atoms with Crippen molar-refractivity contribution in [2.75, 3.05) is 0 Å². The lowest BCUT2D eigenvalue weighted by Crippen LogP contribution is -2.25. The minimum Gasteiger partial charge on any atom is -0.308 e. The first-order valence-corrected chi connectivity index (χ1v) is 4.51. The van der Waals surface area contributed by atoms with Crippen molar-refractivity contribution in [3.8, 4) is 0 Å². The van der Waals surface area contributed by atoms with Crippen molar-refractivity contribution in [1.29, 1.82) is 0 Å². The van der Waals surface area contributed by atoms with Crippen LogP contribution in [0.25, 0.3) is 0 Å². The SMILES string of the molecule is CC(C)N[C@@H](C)c1ccccc1.[HH]. The standard InChI is InChI=1S/C11H17N.H2/c1-9(2)12-10(3)11-7-5-4-6-8-11;/h4-10,12H,1-3H3;1H/t10-;/m0./s1. The molecule has 1 nitrogen and oxygen atoms in total. The Balaban J connectivity index is 0.00000144. The molecular weight excluding hydrogens is 146 g/mol. The van der Waals surface area contributed by atoms with Gasteiger partial charge in [-0.3, -0.25) is 0 Å². The molecule has 1 heteroatoms. The highest BCUT2D eigenvalue weighted by Crippen LogP contribution is 2.11. The van der Waals surface area contributed by atoms with Gasteiger partial charge in [0.15, 0.2) is 0 Å². The van der Waals surface area contributed by atoms with E-state index in [1.54, 1.807) is 0 Å². The molecule has 1 rings (SSSR count). The highest BCUT2D eigenvalue weighted by atomic mass is 14.9. The second-order valence-electron chi connectivity index (χ2n) is 3.45. The van der Waals surface area contributed by atoms with Gasteiger partial charge in [0.05, 0.1) is 0 Å². The highest BCUT2D eigenvalue weighted by Gasteiger charge is 2.04. The molecular formula is C11H19N. The third-order valence-corrected chi connectivity index (χ3v) is 1.88. The summed E-state index contributed by atoms with van der Waals surface area (Å²) in [4.78, 5) is 0. The van der Waals surface area contributed by atoms with Crippen LogP contribution in [0.3, 0.4) is 0 Å². The zero-order valence-electron chi connectivity index (χ0n) is 8.04. The summed E-state index contributed by atoms with van der Waals surface area (Å²) in [6, 6.07) is 11.5. The average Bonchev–Trinajstić information content (AvgIpc) is 2.05. The summed E-state index contributed by atoms with van der Waals surface area (Å²) >= 11 is 0. The van der Waals surface area contributed by atoms with Crippen LogP contribution in [0.2, 0.25) is 0 Å². The van der Waals surface area contributed by atoms with E-state index in [0.717, 1.165) is 0 Å². The predicted molar refractivity (Wildman–Crippen MR) is 55.2 cm³/mol. The fourth-order valence-corrected chi connectivity index (χ4v) is 1.34. The van der Waals surface area contributed by atoms with Gasteiger partial charge in [-0.15, -0.1) is 0 Å². The largest absolute Gasteiger partial charge is 0.308 e. The first-order chi connectivity index (χ1) is 5.70. The minimum atomic E-state index is 0. The molecule has 0 spiro atoms. The molecule has 0 unspecified atom stereocenters. The summed E-state index contributed by atoms with van der Waals surface area (Å²) < 4.78 is 0. The lowest BCUT2D eigenvalue weighted by molar-refractivity contribution is 0.506. The molecule has 1 atom stereocenters. The lowest BCUT2D eigenvalue weighted by Gasteiger charge is -2.16. The Labute approximate surface area is 76.3 Å². The third kappa shape index (κ3) is 2.67. The summed E-state index contributed by atoms with van der Waals surface area (Å²) in [5.74, 6) is 0. The number of benzene rings is 1. The van der Waals surface area contributed by atoms with E-state index in [1.165, 1.54) is 5.56 Å². The quantitative estimate of drug-likeness (QED) is 0.726. The Morgan fingerprint density at radius 1 is 1.08 bits per heavy atom. The molecule has 0 aliphatic carbocycles. The molecule has 1 aromatic rings.